The highest BCUT2D eigenvalue weighted by atomic mass is 35.5. The van der Waals surface area contributed by atoms with Gasteiger partial charge >= 0.3 is 0 Å². The van der Waals surface area contributed by atoms with Crippen molar-refractivity contribution in [3.63, 3.8) is 0 Å². The zero-order valence-corrected chi connectivity index (χ0v) is 14.4. The van der Waals surface area contributed by atoms with Gasteiger partial charge in [0.25, 0.3) is 5.56 Å². The van der Waals surface area contributed by atoms with E-state index in [9.17, 15) is 10.1 Å². The second-order valence-corrected chi connectivity index (χ2v) is 6.28. The summed E-state index contributed by atoms with van der Waals surface area (Å²) in [5, 5.41) is 10.2. The number of nitrogens with two attached hydrogens (primary N) is 1. The third-order valence-electron chi connectivity index (χ3n) is 4.15. The number of hydrogen-bond acceptors (Lipinski definition) is 4. The number of nitrogens with zero attached hydrogens (tertiary/aromatic N) is 2. The number of rotatable bonds is 1. The van der Waals surface area contributed by atoms with Gasteiger partial charge in [-0.25, -0.2) is 0 Å². The average Bonchev–Trinajstić information content (AvgIpc) is 2.54. The predicted octanol–water partition coefficient (Wildman–Crippen LogP) is 3.22. The van der Waals surface area contributed by atoms with E-state index in [1.165, 1.54) is 4.57 Å². The van der Waals surface area contributed by atoms with Gasteiger partial charge in [-0.05, 0) is 18.6 Å². The molecule has 1 atom stereocenters. The standard InChI is InChI=1S/C17H13Cl2N3O2/c1-8-6-12-14(17(23)22(8)2)13(10(7-20)16(21)24-12)9-4-3-5-11(18)15(9)19/h3-6,13H,21H2,1-2H3. The van der Waals surface area contributed by atoms with Crippen LogP contribution in [0.3, 0.4) is 0 Å². The van der Waals surface area contributed by atoms with E-state index in [1.807, 2.05) is 6.07 Å². The molecule has 1 aromatic heterocycles. The first-order chi connectivity index (χ1) is 11.4. The molecule has 2 N–H and O–H groups in total. The minimum atomic E-state index is -0.732. The molecule has 2 heterocycles. The molecule has 0 bridgehead atoms. The van der Waals surface area contributed by atoms with Crippen LogP contribution in [0.1, 0.15) is 22.7 Å². The zero-order valence-electron chi connectivity index (χ0n) is 12.9. The first-order valence-corrected chi connectivity index (χ1v) is 7.84. The van der Waals surface area contributed by atoms with Crippen molar-refractivity contribution >= 4 is 23.2 Å². The largest absolute Gasteiger partial charge is 0.440 e. The number of hydrogen-bond donors (Lipinski definition) is 1. The summed E-state index contributed by atoms with van der Waals surface area (Å²) >= 11 is 12.4. The van der Waals surface area contributed by atoms with E-state index in [4.69, 9.17) is 33.7 Å². The fraction of sp³-hybridized carbons (Fsp3) is 0.176. The van der Waals surface area contributed by atoms with Gasteiger partial charge in [-0.3, -0.25) is 4.79 Å². The Kier molecular flexibility index (Phi) is 4.04. The van der Waals surface area contributed by atoms with Crippen molar-refractivity contribution < 1.29 is 4.74 Å². The highest BCUT2D eigenvalue weighted by Gasteiger charge is 2.35. The first-order valence-electron chi connectivity index (χ1n) is 7.08. The van der Waals surface area contributed by atoms with Crippen molar-refractivity contribution in [3.05, 3.63) is 72.9 Å². The van der Waals surface area contributed by atoms with E-state index in [-0.39, 0.29) is 22.0 Å². The van der Waals surface area contributed by atoms with Crippen molar-refractivity contribution in [2.45, 2.75) is 12.8 Å². The maximum atomic E-state index is 12.8. The molecule has 5 nitrogen and oxygen atoms in total. The fourth-order valence-corrected chi connectivity index (χ4v) is 3.21. The van der Waals surface area contributed by atoms with Gasteiger partial charge in [0.05, 0.1) is 21.5 Å². The molecule has 0 spiro atoms. The van der Waals surface area contributed by atoms with Gasteiger partial charge in [-0.2, -0.15) is 5.26 Å². The maximum Gasteiger partial charge on any atom is 0.258 e. The monoisotopic (exact) mass is 361 g/mol. The van der Waals surface area contributed by atoms with E-state index >= 15 is 0 Å². The van der Waals surface area contributed by atoms with Crippen LogP contribution in [0, 0.1) is 18.3 Å². The van der Waals surface area contributed by atoms with Crippen LogP contribution in [-0.4, -0.2) is 4.57 Å². The average molecular weight is 362 g/mol. The highest BCUT2D eigenvalue weighted by molar-refractivity contribution is 6.42. The topological polar surface area (TPSA) is 81.0 Å². The van der Waals surface area contributed by atoms with Gasteiger partial charge in [0.15, 0.2) is 0 Å². The molecule has 7 heteroatoms. The molecule has 0 aliphatic carbocycles. The Morgan fingerprint density at radius 2 is 2.08 bits per heavy atom. The van der Waals surface area contributed by atoms with Crippen molar-refractivity contribution in [3.8, 4) is 11.8 Å². The molecule has 1 aromatic carbocycles. The van der Waals surface area contributed by atoms with Crippen molar-refractivity contribution in [1.29, 1.82) is 5.26 Å². The van der Waals surface area contributed by atoms with Gasteiger partial charge in [-0.1, -0.05) is 35.3 Å². The van der Waals surface area contributed by atoms with Crippen molar-refractivity contribution in [2.75, 3.05) is 0 Å². The second kappa shape index (κ2) is 5.90. The molecule has 3 rings (SSSR count). The Hall–Kier alpha value is -2.42. The highest BCUT2D eigenvalue weighted by Crippen LogP contribution is 2.43. The number of benzene rings is 1. The molecule has 0 saturated carbocycles. The number of pyridine rings is 1. The van der Waals surface area contributed by atoms with Crippen LogP contribution in [-0.2, 0) is 7.05 Å². The summed E-state index contributed by atoms with van der Waals surface area (Å²) in [6, 6.07) is 8.81. The number of allylic oxidation sites excluding steroid dienone is 1. The number of aromatic nitrogens is 1. The normalized spacial score (nSPS) is 16.4. The summed E-state index contributed by atoms with van der Waals surface area (Å²) in [5.74, 6) is -0.448. The lowest BCUT2D eigenvalue weighted by Gasteiger charge is -2.27. The van der Waals surface area contributed by atoms with Gasteiger partial charge in [-0.15, -0.1) is 0 Å². The molecule has 1 aliphatic rings. The summed E-state index contributed by atoms with van der Waals surface area (Å²) in [7, 11) is 1.66. The fourth-order valence-electron chi connectivity index (χ4n) is 2.79. The van der Waals surface area contributed by atoms with Crippen LogP contribution in [0.4, 0.5) is 0 Å². The number of halogens is 2. The molecule has 2 aromatic rings. The number of nitriles is 1. The van der Waals surface area contributed by atoms with Crippen LogP contribution in [0.15, 0.2) is 40.5 Å². The smallest absolute Gasteiger partial charge is 0.258 e. The van der Waals surface area contributed by atoms with Crippen LogP contribution < -0.4 is 16.0 Å². The van der Waals surface area contributed by atoms with E-state index in [1.54, 1.807) is 38.2 Å². The summed E-state index contributed by atoms with van der Waals surface area (Å²) in [4.78, 5) is 12.8. The Bertz CT molecular complexity index is 987. The van der Waals surface area contributed by atoms with Gasteiger partial charge in [0, 0.05) is 18.8 Å². The molecule has 122 valence electrons. The van der Waals surface area contributed by atoms with Gasteiger partial charge in [0.1, 0.15) is 17.4 Å². The molecule has 1 aliphatic heterocycles. The summed E-state index contributed by atoms with van der Waals surface area (Å²) in [5.41, 5.74) is 7.33. The first kappa shape index (κ1) is 16.4. The Morgan fingerprint density at radius 3 is 2.75 bits per heavy atom. The molecule has 1 unspecified atom stereocenters. The van der Waals surface area contributed by atoms with Crippen LogP contribution in [0.2, 0.25) is 10.0 Å². The molecule has 0 radical (unpaired) electrons. The summed E-state index contributed by atoms with van der Waals surface area (Å²) in [6.45, 7) is 1.78. The number of fused-ring (bicyclic) bond motifs is 1. The Labute approximate surface area is 148 Å². The lowest BCUT2D eigenvalue weighted by atomic mass is 9.84. The molecule has 24 heavy (non-hydrogen) atoms. The quantitative estimate of drug-likeness (QED) is 0.845. The lowest BCUT2D eigenvalue weighted by Crippen LogP contribution is -2.31. The third-order valence-corrected chi connectivity index (χ3v) is 4.98. The van der Waals surface area contributed by atoms with Crippen LogP contribution in [0.25, 0.3) is 0 Å². The van der Waals surface area contributed by atoms with Crippen molar-refractivity contribution in [1.82, 2.24) is 4.57 Å². The molecular weight excluding hydrogens is 349 g/mol. The third kappa shape index (κ3) is 2.35. The summed E-state index contributed by atoms with van der Waals surface area (Å²) < 4.78 is 7.01. The minimum Gasteiger partial charge on any atom is -0.440 e. The molecule has 0 fully saturated rings. The van der Waals surface area contributed by atoms with E-state index in [0.717, 1.165) is 0 Å². The minimum absolute atomic E-state index is 0.0429. The Morgan fingerprint density at radius 1 is 1.38 bits per heavy atom. The predicted molar refractivity (Wildman–Crippen MR) is 92.2 cm³/mol. The van der Waals surface area contributed by atoms with Crippen LogP contribution in [0.5, 0.6) is 5.75 Å². The van der Waals surface area contributed by atoms with Crippen LogP contribution >= 0.6 is 23.2 Å². The SMILES string of the molecule is Cc1cc2c(c(=O)n1C)C(c1cccc(Cl)c1Cl)C(C#N)=C(N)O2. The van der Waals surface area contributed by atoms with Gasteiger partial charge in [0.2, 0.25) is 5.88 Å². The maximum absolute atomic E-state index is 12.8. The van der Waals surface area contributed by atoms with Gasteiger partial charge < -0.3 is 15.0 Å². The van der Waals surface area contributed by atoms with E-state index in [0.29, 0.717) is 27.6 Å². The van der Waals surface area contributed by atoms with Crippen molar-refractivity contribution in [2.24, 2.45) is 12.8 Å². The lowest BCUT2D eigenvalue weighted by molar-refractivity contribution is 0.389. The second-order valence-electron chi connectivity index (χ2n) is 5.50. The summed E-state index contributed by atoms with van der Waals surface area (Å²) in [6.07, 6.45) is 0. The van der Waals surface area contributed by atoms with E-state index in [2.05, 4.69) is 0 Å². The molecule has 0 amide bonds. The van der Waals surface area contributed by atoms with E-state index < -0.39 is 5.92 Å². The molecular formula is C17H13Cl2N3O2. The zero-order chi connectivity index (χ0) is 17.6. The number of ether oxygens (including phenoxy) is 1. The number of aryl methyl sites for hydroxylation is 1. The Balaban J connectivity index is 2.40. The molecule has 0 saturated heterocycles.